The molecule has 0 aliphatic heterocycles. The zero-order valence-electron chi connectivity index (χ0n) is 11.2. The Morgan fingerprint density at radius 3 is 2.72 bits per heavy atom. The van der Waals surface area contributed by atoms with Crippen LogP contribution in [0.5, 0.6) is 0 Å². The van der Waals surface area contributed by atoms with Gasteiger partial charge in [0.2, 0.25) is 0 Å². The van der Waals surface area contributed by atoms with Crippen molar-refractivity contribution in [3.8, 4) is 0 Å². The minimum atomic E-state index is 0.251. The van der Waals surface area contributed by atoms with Gasteiger partial charge in [0.1, 0.15) is 5.15 Å². The highest BCUT2D eigenvalue weighted by Gasteiger charge is 2.42. The van der Waals surface area contributed by atoms with Gasteiger partial charge >= 0.3 is 0 Å². The average Bonchev–Trinajstić information content (AvgIpc) is 3.00. The monoisotopic (exact) mass is 267 g/mol. The van der Waals surface area contributed by atoms with E-state index in [9.17, 15) is 0 Å². The number of nitrogens with two attached hydrogens (primary N) is 1. The van der Waals surface area contributed by atoms with Crippen LogP contribution >= 0.6 is 11.6 Å². The molecule has 3 nitrogen and oxygen atoms in total. The first-order valence-corrected chi connectivity index (χ1v) is 7.37. The molecule has 2 bridgehead atoms. The second-order valence-electron chi connectivity index (χ2n) is 6.19. The molecule has 2 aliphatic rings. The highest BCUT2D eigenvalue weighted by Crippen LogP contribution is 2.49. The van der Waals surface area contributed by atoms with E-state index in [0.717, 1.165) is 34.7 Å². The molecule has 0 radical (unpaired) electrons. The zero-order chi connectivity index (χ0) is 12.9. The molecule has 2 N–H and O–H groups in total. The number of hydrogen-bond acceptors (Lipinski definition) is 2. The summed E-state index contributed by atoms with van der Waals surface area (Å²) in [6.07, 6.45) is 6.45. The average molecular weight is 268 g/mol. The molecule has 1 aromatic heterocycles. The van der Waals surface area contributed by atoms with E-state index >= 15 is 0 Å². The van der Waals surface area contributed by atoms with E-state index in [1.807, 2.05) is 14.0 Å². The van der Waals surface area contributed by atoms with Crippen molar-refractivity contribution < 1.29 is 0 Å². The second kappa shape index (κ2) is 4.53. The largest absolute Gasteiger partial charge is 0.327 e. The molecule has 2 saturated carbocycles. The van der Waals surface area contributed by atoms with Gasteiger partial charge in [-0.05, 0) is 50.4 Å². The second-order valence-corrected chi connectivity index (χ2v) is 6.54. The highest BCUT2D eigenvalue weighted by molar-refractivity contribution is 6.30. The van der Waals surface area contributed by atoms with Gasteiger partial charge in [0, 0.05) is 18.7 Å². The summed E-state index contributed by atoms with van der Waals surface area (Å²) in [6, 6.07) is 0.251. The number of rotatable bonds is 3. The maximum absolute atomic E-state index is 6.45. The summed E-state index contributed by atoms with van der Waals surface area (Å²) in [5, 5.41) is 5.12. The number of nitrogens with zero attached hydrogens (tertiary/aromatic N) is 2. The van der Waals surface area contributed by atoms with Gasteiger partial charge in [-0.15, -0.1) is 0 Å². The lowest BCUT2D eigenvalue weighted by atomic mass is 9.81. The van der Waals surface area contributed by atoms with E-state index < -0.39 is 0 Å². The van der Waals surface area contributed by atoms with Crippen molar-refractivity contribution in [3.05, 3.63) is 16.4 Å². The molecule has 1 heterocycles. The SMILES string of the molecule is Cc1nn(C)c(Cl)c1CC(N)C1CC2CCC1C2. The summed E-state index contributed by atoms with van der Waals surface area (Å²) < 4.78 is 1.75. The van der Waals surface area contributed by atoms with Gasteiger partial charge in [0.25, 0.3) is 0 Å². The summed E-state index contributed by atoms with van der Waals surface area (Å²) in [5.41, 5.74) is 8.63. The Balaban J connectivity index is 1.72. The number of hydrogen-bond donors (Lipinski definition) is 1. The fourth-order valence-corrected chi connectivity index (χ4v) is 4.36. The molecule has 3 rings (SSSR count). The van der Waals surface area contributed by atoms with Crippen LogP contribution in [0, 0.1) is 24.7 Å². The van der Waals surface area contributed by atoms with Crippen LogP contribution in [0.4, 0.5) is 0 Å². The van der Waals surface area contributed by atoms with E-state index in [1.165, 1.54) is 25.7 Å². The Morgan fingerprint density at radius 1 is 1.44 bits per heavy atom. The summed E-state index contributed by atoms with van der Waals surface area (Å²) in [6.45, 7) is 2.02. The topological polar surface area (TPSA) is 43.8 Å². The number of fused-ring (bicyclic) bond motifs is 2. The van der Waals surface area contributed by atoms with E-state index in [0.29, 0.717) is 5.92 Å². The molecule has 0 saturated heterocycles. The van der Waals surface area contributed by atoms with Crippen LogP contribution in [0.25, 0.3) is 0 Å². The maximum Gasteiger partial charge on any atom is 0.130 e. The van der Waals surface area contributed by atoms with Crippen molar-refractivity contribution in [2.75, 3.05) is 0 Å². The third-order valence-electron chi connectivity index (χ3n) is 5.05. The lowest BCUT2D eigenvalue weighted by Crippen LogP contribution is -2.35. The Kier molecular flexibility index (Phi) is 3.15. The smallest absolute Gasteiger partial charge is 0.130 e. The van der Waals surface area contributed by atoms with Gasteiger partial charge in [0.05, 0.1) is 5.69 Å². The first-order chi connectivity index (χ1) is 8.56. The quantitative estimate of drug-likeness (QED) is 0.915. The van der Waals surface area contributed by atoms with E-state index in [-0.39, 0.29) is 6.04 Å². The molecule has 2 aliphatic carbocycles. The van der Waals surface area contributed by atoms with Crippen LogP contribution in [0.3, 0.4) is 0 Å². The number of aromatic nitrogens is 2. The minimum absolute atomic E-state index is 0.251. The molecule has 4 heteroatoms. The van der Waals surface area contributed by atoms with E-state index in [2.05, 4.69) is 5.10 Å². The first kappa shape index (κ1) is 12.5. The van der Waals surface area contributed by atoms with Gasteiger partial charge in [-0.3, -0.25) is 4.68 Å². The minimum Gasteiger partial charge on any atom is -0.327 e. The molecule has 4 unspecified atom stereocenters. The molecule has 0 aromatic carbocycles. The van der Waals surface area contributed by atoms with Crippen molar-refractivity contribution in [2.24, 2.45) is 30.5 Å². The van der Waals surface area contributed by atoms with Crippen molar-refractivity contribution >= 4 is 11.6 Å². The Morgan fingerprint density at radius 2 is 2.22 bits per heavy atom. The fourth-order valence-electron chi connectivity index (χ4n) is 4.11. The molecular weight excluding hydrogens is 246 g/mol. The van der Waals surface area contributed by atoms with E-state index in [4.69, 9.17) is 17.3 Å². The summed E-state index contributed by atoms with van der Waals surface area (Å²) >= 11 is 6.29. The van der Waals surface area contributed by atoms with Gasteiger partial charge in [-0.25, -0.2) is 0 Å². The van der Waals surface area contributed by atoms with Gasteiger partial charge < -0.3 is 5.73 Å². The van der Waals surface area contributed by atoms with Crippen LogP contribution in [0.2, 0.25) is 5.15 Å². The lowest BCUT2D eigenvalue weighted by molar-refractivity contribution is 0.280. The van der Waals surface area contributed by atoms with E-state index in [1.54, 1.807) is 4.68 Å². The third-order valence-corrected chi connectivity index (χ3v) is 5.53. The molecule has 4 atom stereocenters. The van der Waals surface area contributed by atoms with Gasteiger partial charge in [-0.1, -0.05) is 18.0 Å². The molecule has 100 valence electrons. The third kappa shape index (κ3) is 1.97. The van der Waals surface area contributed by atoms with Crippen molar-refractivity contribution in [3.63, 3.8) is 0 Å². The lowest BCUT2D eigenvalue weighted by Gasteiger charge is -2.27. The van der Waals surface area contributed by atoms with Gasteiger partial charge in [0.15, 0.2) is 0 Å². The fraction of sp³-hybridized carbons (Fsp3) is 0.786. The van der Waals surface area contributed by atoms with Crippen LogP contribution in [0.15, 0.2) is 0 Å². The van der Waals surface area contributed by atoms with Crippen LogP contribution in [0.1, 0.15) is 36.9 Å². The van der Waals surface area contributed by atoms with Crippen LogP contribution in [-0.4, -0.2) is 15.8 Å². The molecule has 0 spiro atoms. The molecule has 1 aromatic rings. The van der Waals surface area contributed by atoms with Crippen molar-refractivity contribution in [1.82, 2.24) is 9.78 Å². The number of halogens is 1. The molecule has 0 amide bonds. The Hall–Kier alpha value is -0.540. The highest BCUT2D eigenvalue weighted by atomic mass is 35.5. The van der Waals surface area contributed by atoms with Crippen LogP contribution in [-0.2, 0) is 13.5 Å². The predicted molar refractivity (Wildman–Crippen MR) is 73.6 cm³/mol. The van der Waals surface area contributed by atoms with Gasteiger partial charge in [-0.2, -0.15) is 5.10 Å². The zero-order valence-corrected chi connectivity index (χ0v) is 12.0. The van der Waals surface area contributed by atoms with Crippen molar-refractivity contribution in [1.29, 1.82) is 0 Å². The predicted octanol–water partition coefficient (Wildman–Crippen LogP) is 2.69. The van der Waals surface area contributed by atoms with Crippen molar-refractivity contribution in [2.45, 2.75) is 45.1 Å². The Bertz CT molecular complexity index is 454. The molecule has 18 heavy (non-hydrogen) atoms. The number of aryl methyl sites for hydroxylation is 2. The summed E-state index contributed by atoms with van der Waals surface area (Å²) in [5.74, 6) is 2.54. The summed E-state index contributed by atoms with van der Waals surface area (Å²) in [4.78, 5) is 0. The maximum atomic E-state index is 6.45. The summed E-state index contributed by atoms with van der Waals surface area (Å²) in [7, 11) is 1.89. The first-order valence-electron chi connectivity index (χ1n) is 6.99. The molecular formula is C14H22ClN3. The normalized spacial score (nSPS) is 32.1. The van der Waals surface area contributed by atoms with Crippen LogP contribution < -0.4 is 5.73 Å². The standard InChI is InChI=1S/C14H22ClN3/c1-8-11(14(15)18(2)17-8)7-13(16)12-6-9-3-4-10(12)5-9/h9-10,12-13H,3-7,16H2,1-2H3. The molecule has 2 fully saturated rings. The Labute approximate surface area is 114 Å².